The Morgan fingerprint density at radius 3 is 2.42 bits per heavy atom. The summed E-state index contributed by atoms with van der Waals surface area (Å²) in [6.07, 6.45) is 10.6. The summed E-state index contributed by atoms with van der Waals surface area (Å²) in [6, 6.07) is 6.85. The van der Waals surface area contributed by atoms with Crippen molar-refractivity contribution in [3.8, 4) is 5.75 Å². The molecule has 26 heavy (non-hydrogen) atoms. The number of hydrogen-bond donors (Lipinski definition) is 0. The zero-order chi connectivity index (χ0) is 16.9. The lowest BCUT2D eigenvalue weighted by Crippen LogP contribution is -2.30. The first-order chi connectivity index (χ1) is 12.4. The number of ether oxygens (including phenoxy) is 1. The van der Waals surface area contributed by atoms with Crippen LogP contribution in [0.15, 0.2) is 18.2 Å². The number of aryl methyl sites for hydroxylation is 1. The van der Waals surface area contributed by atoms with Gasteiger partial charge in [-0.3, -0.25) is 0 Å². The Labute approximate surface area is 165 Å². The highest BCUT2D eigenvalue weighted by Gasteiger charge is 2.22. The summed E-state index contributed by atoms with van der Waals surface area (Å²) in [5, 5.41) is 0. The van der Waals surface area contributed by atoms with Gasteiger partial charge in [-0.05, 0) is 107 Å². The van der Waals surface area contributed by atoms with Gasteiger partial charge in [0.25, 0.3) is 0 Å². The number of rotatable bonds is 7. The van der Waals surface area contributed by atoms with Crippen LogP contribution in [0.3, 0.4) is 0 Å². The molecule has 3 nitrogen and oxygen atoms in total. The summed E-state index contributed by atoms with van der Waals surface area (Å²) in [5.74, 6) is 1.94. The zero-order valence-electron chi connectivity index (χ0n) is 16.1. The molecule has 0 N–H and O–H groups in total. The normalized spacial score (nSPS) is 23.6. The van der Waals surface area contributed by atoms with Gasteiger partial charge in [0, 0.05) is 13.1 Å². The summed E-state index contributed by atoms with van der Waals surface area (Å²) < 4.78 is 6.03. The van der Waals surface area contributed by atoms with Gasteiger partial charge in [-0.1, -0.05) is 6.07 Å². The second kappa shape index (κ2) is 9.96. The number of halogens is 1. The van der Waals surface area contributed by atoms with Crippen molar-refractivity contribution in [2.75, 3.05) is 45.9 Å². The first-order valence-corrected chi connectivity index (χ1v) is 10.6. The van der Waals surface area contributed by atoms with E-state index in [0.717, 1.165) is 24.7 Å². The van der Waals surface area contributed by atoms with Gasteiger partial charge in [-0.25, -0.2) is 0 Å². The maximum absolute atomic E-state index is 6.03. The van der Waals surface area contributed by atoms with E-state index in [1.807, 2.05) is 0 Å². The number of hydrogen-bond acceptors (Lipinski definition) is 3. The molecule has 0 bridgehead atoms. The lowest BCUT2D eigenvalue weighted by atomic mass is 9.83. The van der Waals surface area contributed by atoms with Crippen molar-refractivity contribution in [1.29, 1.82) is 0 Å². The molecule has 0 amide bonds. The second-order valence-electron chi connectivity index (χ2n) is 8.30. The number of likely N-dealkylation sites (tertiary alicyclic amines) is 2. The molecule has 4 heteroatoms. The van der Waals surface area contributed by atoms with Crippen LogP contribution in [0.1, 0.15) is 49.7 Å². The maximum atomic E-state index is 6.03. The van der Waals surface area contributed by atoms with Crippen LogP contribution >= 0.6 is 12.4 Å². The molecular formula is C22H35ClN2O. The van der Waals surface area contributed by atoms with Crippen LogP contribution < -0.4 is 4.74 Å². The molecule has 0 aromatic heterocycles. The Hall–Kier alpha value is -0.770. The van der Waals surface area contributed by atoms with Crippen LogP contribution in [0.2, 0.25) is 0 Å². The van der Waals surface area contributed by atoms with E-state index in [0.29, 0.717) is 0 Å². The monoisotopic (exact) mass is 378 g/mol. The minimum absolute atomic E-state index is 0. The standard InChI is InChI=1S/C22H34N2O.ClH/c1-2-11-23(10-1)14-5-15-25-22-9-8-20-16-19(6-7-21(20)17-22)18-24-12-3-4-13-24;/h8-9,17,19H,1-7,10-16,18H2;1H. The highest BCUT2D eigenvalue weighted by molar-refractivity contribution is 5.85. The van der Waals surface area contributed by atoms with Crippen molar-refractivity contribution in [1.82, 2.24) is 9.80 Å². The molecule has 1 aromatic rings. The average Bonchev–Trinajstić information content (AvgIpc) is 3.33. The predicted molar refractivity (Wildman–Crippen MR) is 111 cm³/mol. The number of benzene rings is 1. The predicted octanol–water partition coefficient (Wildman–Crippen LogP) is 4.17. The molecule has 3 aliphatic rings. The summed E-state index contributed by atoms with van der Waals surface area (Å²) in [4.78, 5) is 5.24. The van der Waals surface area contributed by atoms with Gasteiger partial charge in [0.05, 0.1) is 6.61 Å². The molecule has 146 valence electrons. The van der Waals surface area contributed by atoms with Gasteiger partial charge in [0.2, 0.25) is 0 Å². The van der Waals surface area contributed by atoms with E-state index >= 15 is 0 Å². The first-order valence-electron chi connectivity index (χ1n) is 10.6. The highest BCUT2D eigenvalue weighted by Crippen LogP contribution is 2.29. The lowest BCUT2D eigenvalue weighted by molar-refractivity contribution is 0.258. The molecule has 0 radical (unpaired) electrons. The molecule has 1 atom stereocenters. The molecule has 1 aliphatic carbocycles. The topological polar surface area (TPSA) is 15.7 Å². The molecule has 1 aromatic carbocycles. The Kier molecular flexibility index (Phi) is 7.65. The fourth-order valence-electron chi connectivity index (χ4n) is 4.87. The van der Waals surface area contributed by atoms with Crippen molar-refractivity contribution in [3.05, 3.63) is 29.3 Å². The highest BCUT2D eigenvalue weighted by atomic mass is 35.5. The Morgan fingerprint density at radius 2 is 1.65 bits per heavy atom. The average molecular weight is 379 g/mol. The van der Waals surface area contributed by atoms with E-state index in [1.54, 1.807) is 5.56 Å². The number of fused-ring (bicyclic) bond motifs is 1. The molecular weight excluding hydrogens is 344 g/mol. The van der Waals surface area contributed by atoms with Gasteiger partial charge in [-0.2, -0.15) is 0 Å². The second-order valence-corrected chi connectivity index (χ2v) is 8.30. The fraction of sp³-hybridized carbons (Fsp3) is 0.727. The summed E-state index contributed by atoms with van der Waals surface area (Å²) >= 11 is 0. The third-order valence-corrected chi connectivity index (χ3v) is 6.31. The van der Waals surface area contributed by atoms with E-state index in [-0.39, 0.29) is 12.4 Å². The van der Waals surface area contributed by atoms with Crippen molar-refractivity contribution in [2.24, 2.45) is 5.92 Å². The van der Waals surface area contributed by atoms with Crippen molar-refractivity contribution >= 4 is 12.4 Å². The van der Waals surface area contributed by atoms with E-state index in [4.69, 9.17) is 4.74 Å². The Bertz CT molecular complexity index is 553. The third-order valence-electron chi connectivity index (χ3n) is 6.31. The van der Waals surface area contributed by atoms with Gasteiger partial charge < -0.3 is 14.5 Å². The molecule has 0 saturated carbocycles. The third kappa shape index (κ3) is 5.37. The summed E-state index contributed by atoms with van der Waals surface area (Å²) in [6.45, 7) is 8.60. The molecule has 2 fully saturated rings. The zero-order valence-corrected chi connectivity index (χ0v) is 16.9. The molecule has 2 heterocycles. The van der Waals surface area contributed by atoms with Gasteiger partial charge in [-0.15, -0.1) is 12.4 Å². The van der Waals surface area contributed by atoms with E-state index in [9.17, 15) is 0 Å². The number of nitrogens with zero attached hydrogens (tertiary/aromatic N) is 2. The van der Waals surface area contributed by atoms with Crippen LogP contribution in [0, 0.1) is 5.92 Å². The van der Waals surface area contributed by atoms with Gasteiger partial charge in [0.1, 0.15) is 5.75 Å². The van der Waals surface area contributed by atoms with Gasteiger partial charge in [0.15, 0.2) is 0 Å². The Balaban J connectivity index is 0.00000196. The van der Waals surface area contributed by atoms with E-state index in [2.05, 4.69) is 28.0 Å². The van der Waals surface area contributed by atoms with Crippen molar-refractivity contribution in [2.45, 2.75) is 51.4 Å². The van der Waals surface area contributed by atoms with Crippen molar-refractivity contribution in [3.63, 3.8) is 0 Å². The maximum Gasteiger partial charge on any atom is 0.119 e. The molecule has 2 aliphatic heterocycles. The summed E-state index contributed by atoms with van der Waals surface area (Å²) in [5.41, 5.74) is 3.11. The molecule has 1 unspecified atom stereocenters. The molecule has 2 saturated heterocycles. The van der Waals surface area contributed by atoms with Crippen LogP contribution in [0.25, 0.3) is 0 Å². The van der Waals surface area contributed by atoms with Crippen LogP contribution in [0.5, 0.6) is 5.75 Å². The van der Waals surface area contributed by atoms with E-state index in [1.165, 1.54) is 89.8 Å². The molecule has 0 spiro atoms. The lowest BCUT2D eigenvalue weighted by Gasteiger charge is -2.28. The summed E-state index contributed by atoms with van der Waals surface area (Å²) in [7, 11) is 0. The first kappa shape index (κ1) is 20.0. The minimum Gasteiger partial charge on any atom is -0.494 e. The largest absolute Gasteiger partial charge is 0.494 e. The fourth-order valence-corrected chi connectivity index (χ4v) is 4.87. The minimum atomic E-state index is 0. The van der Waals surface area contributed by atoms with E-state index < -0.39 is 0 Å². The quantitative estimate of drug-likeness (QED) is 0.662. The van der Waals surface area contributed by atoms with Crippen LogP contribution in [-0.2, 0) is 12.8 Å². The SMILES string of the molecule is Cl.c1cc2c(cc1OCCCN1CCCC1)CCC(CN1CCCC1)C2. The van der Waals surface area contributed by atoms with Gasteiger partial charge >= 0.3 is 0 Å². The van der Waals surface area contributed by atoms with Crippen LogP contribution in [-0.4, -0.2) is 55.7 Å². The molecule has 4 rings (SSSR count). The Morgan fingerprint density at radius 1 is 0.923 bits per heavy atom. The van der Waals surface area contributed by atoms with Crippen LogP contribution in [0.4, 0.5) is 0 Å². The van der Waals surface area contributed by atoms with Crippen molar-refractivity contribution < 1.29 is 4.74 Å². The smallest absolute Gasteiger partial charge is 0.119 e.